The molecule has 0 radical (unpaired) electrons. The molecule has 0 aromatic heterocycles. The molecule has 3 rings (SSSR count). The van der Waals surface area contributed by atoms with E-state index >= 15 is 0 Å². The number of nitrogens with zero attached hydrogens (tertiary/aromatic N) is 1. The summed E-state index contributed by atoms with van der Waals surface area (Å²) in [6.07, 6.45) is 5.73. The Morgan fingerprint density at radius 2 is 1.67 bits per heavy atom. The second kappa shape index (κ2) is 10.7. The van der Waals surface area contributed by atoms with E-state index in [2.05, 4.69) is 34.9 Å². The number of amides is 2. The zero-order valence-electron chi connectivity index (χ0n) is 17.8. The van der Waals surface area contributed by atoms with Crippen molar-refractivity contribution < 1.29 is 9.59 Å². The van der Waals surface area contributed by atoms with Gasteiger partial charge in [0.25, 0.3) is 0 Å². The number of rotatable bonds is 9. The van der Waals surface area contributed by atoms with E-state index in [-0.39, 0.29) is 23.9 Å². The molecule has 2 atom stereocenters. The van der Waals surface area contributed by atoms with Crippen LogP contribution in [0.5, 0.6) is 0 Å². The number of fused-ring (bicyclic) bond motifs is 1. The van der Waals surface area contributed by atoms with Crippen LogP contribution < -0.4 is 10.6 Å². The number of carbonyl (C=O) groups is 2. The van der Waals surface area contributed by atoms with Crippen LogP contribution in [0.2, 0.25) is 0 Å². The van der Waals surface area contributed by atoms with Gasteiger partial charge < -0.3 is 15.5 Å². The minimum atomic E-state index is -0.235. The van der Waals surface area contributed by atoms with E-state index in [1.807, 2.05) is 48.2 Å². The molecule has 0 fully saturated rings. The van der Waals surface area contributed by atoms with Gasteiger partial charge in [0.1, 0.15) is 0 Å². The van der Waals surface area contributed by atoms with Gasteiger partial charge in [-0.05, 0) is 43.0 Å². The summed E-state index contributed by atoms with van der Waals surface area (Å²) in [4.78, 5) is 27.1. The van der Waals surface area contributed by atoms with E-state index in [1.54, 1.807) is 13.1 Å². The van der Waals surface area contributed by atoms with Gasteiger partial charge in [0.05, 0.1) is 6.04 Å². The highest BCUT2D eigenvalue weighted by atomic mass is 16.2. The van der Waals surface area contributed by atoms with Crippen LogP contribution in [0.1, 0.15) is 36.5 Å². The van der Waals surface area contributed by atoms with Crippen molar-refractivity contribution in [3.63, 3.8) is 0 Å². The summed E-state index contributed by atoms with van der Waals surface area (Å²) in [5.41, 5.74) is 3.62. The summed E-state index contributed by atoms with van der Waals surface area (Å²) < 4.78 is 0. The third-order valence-electron chi connectivity index (χ3n) is 5.61. The molecular formula is C25H31N3O2. The van der Waals surface area contributed by atoms with Crippen LogP contribution in [-0.2, 0) is 29.1 Å². The fraction of sp³-hybridized carbons (Fsp3) is 0.360. The van der Waals surface area contributed by atoms with Gasteiger partial charge in [-0.1, -0.05) is 67.6 Å². The minimum Gasteiger partial charge on any atom is -0.349 e. The van der Waals surface area contributed by atoms with Crippen LogP contribution >= 0.6 is 0 Å². The van der Waals surface area contributed by atoms with Crippen LogP contribution in [0.25, 0.3) is 0 Å². The molecule has 0 saturated carbocycles. The van der Waals surface area contributed by atoms with Crippen molar-refractivity contribution in [3.05, 3.63) is 83.4 Å². The Hall–Kier alpha value is -2.92. The molecule has 2 unspecified atom stereocenters. The maximum absolute atomic E-state index is 12.7. The summed E-state index contributed by atoms with van der Waals surface area (Å²) in [5, 5.41) is 6.13. The molecule has 30 heavy (non-hydrogen) atoms. The van der Waals surface area contributed by atoms with Crippen molar-refractivity contribution in [2.45, 2.75) is 51.4 Å². The zero-order valence-corrected chi connectivity index (χ0v) is 17.8. The second-order valence-corrected chi connectivity index (χ2v) is 7.71. The molecule has 0 bridgehead atoms. The van der Waals surface area contributed by atoms with Gasteiger partial charge in [-0.25, -0.2) is 0 Å². The number of hydrogen-bond donors (Lipinski definition) is 2. The molecule has 5 nitrogen and oxygen atoms in total. The average molecular weight is 406 g/mol. The Balaban J connectivity index is 1.64. The highest BCUT2D eigenvalue weighted by Crippen LogP contribution is 2.22. The Morgan fingerprint density at radius 1 is 1.03 bits per heavy atom. The molecule has 0 saturated heterocycles. The SMILES string of the molecule is CCC(NC)C(=O)NC(C=CC(=O)N1Cc2ccccc2C1)CCc1ccccc1. The number of aryl methyl sites for hydroxylation is 1. The zero-order chi connectivity index (χ0) is 21.3. The third kappa shape index (κ3) is 5.80. The molecule has 1 aliphatic rings. The normalized spacial score (nSPS) is 15.1. The molecule has 1 heterocycles. The van der Waals surface area contributed by atoms with E-state index in [1.165, 1.54) is 16.7 Å². The Kier molecular flexibility index (Phi) is 7.80. The molecule has 1 aliphatic heterocycles. The van der Waals surface area contributed by atoms with Crippen molar-refractivity contribution >= 4 is 11.8 Å². The monoisotopic (exact) mass is 405 g/mol. The number of benzene rings is 2. The van der Waals surface area contributed by atoms with E-state index in [4.69, 9.17) is 0 Å². The van der Waals surface area contributed by atoms with Crippen molar-refractivity contribution in [1.29, 1.82) is 0 Å². The molecule has 0 aliphatic carbocycles. The lowest BCUT2D eigenvalue weighted by Gasteiger charge is -2.20. The lowest BCUT2D eigenvalue weighted by molar-refractivity contribution is -0.127. The van der Waals surface area contributed by atoms with Crippen LogP contribution in [0, 0.1) is 0 Å². The maximum Gasteiger partial charge on any atom is 0.246 e. The smallest absolute Gasteiger partial charge is 0.246 e. The van der Waals surface area contributed by atoms with Crippen LogP contribution in [0.4, 0.5) is 0 Å². The van der Waals surface area contributed by atoms with Crippen molar-refractivity contribution in [1.82, 2.24) is 15.5 Å². The van der Waals surface area contributed by atoms with Crippen LogP contribution in [0.3, 0.4) is 0 Å². The predicted molar refractivity (Wildman–Crippen MR) is 120 cm³/mol. The fourth-order valence-electron chi connectivity index (χ4n) is 3.78. The second-order valence-electron chi connectivity index (χ2n) is 7.71. The molecule has 2 amide bonds. The van der Waals surface area contributed by atoms with E-state index in [0.29, 0.717) is 19.5 Å². The largest absolute Gasteiger partial charge is 0.349 e. The summed E-state index contributed by atoms with van der Waals surface area (Å²) in [6, 6.07) is 17.9. The van der Waals surface area contributed by atoms with Gasteiger partial charge in [-0.15, -0.1) is 0 Å². The van der Waals surface area contributed by atoms with Crippen molar-refractivity contribution in [2.24, 2.45) is 0 Å². The number of nitrogens with one attached hydrogen (secondary N) is 2. The van der Waals surface area contributed by atoms with Crippen LogP contribution in [0.15, 0.2) is 66.7 Å². The first-order valence-electron chi connectivity index (χ1n) is 10.7. The van der Waals surface area contributed by atoms with Gasteiger partial charge in [-0.2, -0.15) is 0 Å². The lowest BCUT2D eigenvalue weighted by atomic mass is 10.0. The van der Waals surface area contributed by atoms with Crippen molar-refractivity contribution in [3.8, 4) is 0 Å². The predicted octanol–water partition coefficient (Wildman–Crippen LogP) is 3.20. The highest BCUT2D eigenvalue weighted by Gasteiger charge is 2.22. The topological polar surface area (TPSA) is 61.4 Å². The molecular weight excluding hydrogens is 374 g/mol. The van der Waals surface area contributed by atoms with E-state index in [0.717, 1.165) is 12.8 Å². The van der Waals surface area contributed by atoms with Gasteiger partial charge in [-0.3, -0.25) is 9.59 Å². The van der Waals surface area contributed by atoms with Gasteiger partial charge >= 0.3 is 0 Å². The van der Waals surface area contributed by atoms with Gasteiger partial charge in [0.2, 0.25) is 11.8 Å². The highest BCUT2D eigenvalue weighted by molar-refractivity contribution is 5.88. The molecule has 158 valence electrons. The van der Waals surface area contributed by atoms with E-state index in [9.17, 15) is 9.59 Å². The minimum absolute atomic E-state index is 0.0224. The first kappa shape index (κ1) is 21.8. The van der Waals surface area contributed by atoms with E-state index < -0.39 is 0 Å². The summed E-state index contributed by atoms with van der Waals surface area (Å²) in [6.45, 7) is 3.25. The number of carbonyl (C=O) groups excluding carboxylic acids is 2. The molecule has 2 aromatic rings. The summed E-state index contributed by atoms with van der Waals surface area (Å²) >= 11 is 0. The van der Waals surface area contributed by atoms with Crippen LogP contribution in [-0.4, -0.2) is 35.8 Å². The van der Waals surface area contributed by atoms with Gasteiger partial charge in [0.15, 0.2) is 0 Å². The molecule has 0 spiro atoms. The van der Waals surface area contributed by atoms with Crippen molar-refractivity contribution in [2.75, 3.05) is 7.05 Å². The first-order valence-corrected chi connectivity index (χ1v) is 10.7. The Labute approximate surface area is 179 Å². The summed E-state index contributed by atoms with van der Waals surface area (Å²) in [5.74, 6) is -0.0606. The lowest BCUT2D eigenvalue weighted by Crippen LogP contribution is -2.46. The number of hydrogen-bond acceptors (Lipinski definition) is 3. The fourth-order valence-corrected chi connectivity index (χ4v) is 3.78. The molecule has 2 N–H and O–H groups in total. The van der Waals surface area contributed by atoms with Gasteiger partial charge in [0, 0.05) is 25.2 Å². The molecule has 5 heteroatoms. The Morgan fingerprint density at radius 3 is 2.27 bits per heavy atom. The quantitative estimate of drug-likeness (QED) is 0.630. The molecule has 2 aromatic carbocycles. The maximum atomic E-state index is 12.7. The average Bonchev–Trinajstić information content (AvgIpc) is 3.21. The Bertz CT molecular complexity index is 850. The summed E-state index contributed by atoms with van der Waals surface area (Å²) in [7, 11) is 1.79. The first-order chi connectivity index (χ1) is 14.6. The number of likely N-dealkylation sites (N-methyl/N-ethyl adjacent to an activating group) is 1. The standard InChI is InChI=1S/C25H31N3O2/c1-3-23(26-2)25(30)27-22(14-13-19-9-5-4-6-10-19)15-16-24(29)28-17-20-11-7-8-12-21(20)18-28/h4-12,15-16,22-23,26H,3,13-14,17-18H2,1-2H3,(H,27,30). The third-order valence-corrected chi connectivity index (χ3v) is 5.61.